The van der Waals surface area contributed by atoms with Crippen molar-refractivity contribution in [3.63, 3.8) is 0 Å². The molecule has 1 saturated heterocycles. The number of nitrogens with zero attached hydrogens (tertiary/aromatic N) is 2. The van der Waals surface area contributed by atoms with Crippen LogP contribution in [0.4, 0.5) is 17.5 Å². The Bertz CT molecular complexity index is 1150. The second-order valence-electron chi connectivity index (χ2n) is 7.99. The number of H-pyrrole nitrogens is 1. The minimum absolute atomic E-state index is 0.0505. The van der Waals surface area contributed by atoms with Crippen LogP contribution in [0.25, 0.3) is 0 Å². The first kappa shape index (κ1) is 22.8. The summed E-state index contributed by atoms with van der Waals surface area (Å²) in [5.74, 6) is -2.25. The van der Waals surface area contributed by atoms with Crippen LogP contribution in [0.2, 0.25) is 5.02 Å². The predicted molar refractivity (Wildman–Crippen MR) is 122 cm³/mol. The van der Waals surface area contributed by atoms with E-state index < -0.39 is 23.3 Å². The highest BCUT2D eigenvalue weighted by atomic mass is 35.5. The van der Waals surface area contributed by atoms with E-state index in [4.69, 9.17) is 16.3 Å². The van der Waals surface area contributed by atoms with E-state index in [-0.39, 0.29) is 35.6 Å². The van der Waals surface area contributed by atoms with Gasteiger partial charge in [-0.15, -0.1) is 0 Å². The van der Waals surface area contributed by atoms with Crippen molar-refractivity contribution in [1.29, 1.82) is 0 Å². The van der Waals surface area contributed by atoms with Gasteiger partial charge >= 0.3 is 5.97 Å². The standard InChI is InChI=1S/C22H24ClN5O5/c1-2-33-21(32)12-5-4-8-28(11-12)22-26-18-17(20(31)27-22)15(10-16(29)25-18)19(30)24-14-7-3-6-13(23)9-14/h3,6-7,9,12,15H,2,4-5,8,10-11H2,1H3,(H,24,30)(H2,25,26,27,29,31)/t12-,15-/m1/s1. The van der Waals surface area contributed by atoms with Gasteiger partial charge in [-0.2, -0.15) is 4.98 Å². The molecule has 0 unspecified atom stereocenters. The van der Waals surface area contributed by atoms with E-state index in [1.807, 2.05) is 0 Å². The third kappa shape index (κ3) is 5.00. The number of piperidine rings is 1. The zero-order chi connectivity index (χ0) is 23.5. The molecule has 2 aliphatic rings. The molecule has 174 valence electrons. The lowest BCUT2D eigenvalue weighted by Crippen LogP contribution is -2.42. The Morgan fingerprint density at radius 3 is 2.91 bits per heavy atom. The Morgan fingerprint density at radius 1 is 1.33 bits per heavy atom. The molecule has 11 heteroatoms. The molecular weight excluding hydrogens is 450 g/mol. The number of ether oxygens (including phenoxy) is 1. The van der Waals surface area contributed by atoms with Crippen LogP contribution in [-0.4, -0.2) is 47.4 Å². The molecule has 3 heterocycles. The van der Waals surface area contributed by atoms with E-state index in [1.54, 1.807) is 36.1 Å². The summed E-state index contributed by atoms with van der Waals surface area (Å²) in [6, 6.07) is 6.59. The molecule has 2 aromatic rings. The lowest BCUT2D eigenvalue weighted by Gasteiger charge is -2.32. The molecule has 0 radical (unpaired) electrons. The van der Waals surface area contributed by atoms with Crippen LogP contribution in [0.15, 0.2) is 29.1 Å². The van der Waals surface area contributed by atoms with Crippen LogP contribution in [0.1, 0.15) is 37.7 Å². The van der Waals surface area contributed by atoms with Crippen LogP contribution in [0.5, 0.6) is 0 Å². The van der Waals surface area contributed by atoms with Crippen LogP contribution in [0.3, 0.4) is 0 Å². The number of fused-ring (bicyclic) bond motifs is 1. The molecule has 1 fully saturated rings. The van der Waals surface area contributed by atoms with Gasteiger partial charge in [-0.05, 0) is 38.0 Å². The summed E-state index contributed by atoms with van der Waals surface area (Å²) in [6.45, 7) is 2.98. The molecule has 1 aromatic heterocycles. The number of hydrogen-bond donors (Lipinski definition) is 3. The van der Waals surface area contributed by atoms with Gasteiger partial charge in [-0.3, -0.25) is 24.2 Å². The summed E-state index contributed by atoms with van der Waals surface area (Å²) in [6.07, 6.45) is 1.23. The molecule has 4 rings (SSSR count). The number of carbonyl (C=O) groups is 3. The summed E-state index contributed by atoms with van der Waals surface area (Å²) >= 11 is 5.97. The number of aromatic amines is 1. The fourth-order valence-corrected chi connectivity index (χ4v) is 4.34. The van der Waals surface area contributed by atoms with Gasteiger partial charge in [0.05, 0.1) is 24.0 Å². The smallest absolute Gasteiger partial charge is 0.310 e. The fourth-order valence-electron chi connectivity index (χ4n) is 4.15. The number of amides is 2. The van der Waals surface area contributed by atoms with Gasteiger partial charge in [0.15, 0.2) is 0 Å². The maximum Gasteiger partial charge on any atom is 0.310 e. The Kier molecular flexibility index (Phi) is 6.64. The number of halogens is 1. The minimum atomic E-state index is -1.01. The number of nitrogens with one attached hydrogen (secondary N) is 3. The highest BCUT2D eigenvalue weighted by Gasteiger charge is 2.36. The first-order valence-corrected chi connectivity index (χ1v) is 11.2. The summed E-state index contributed by atoms with van der Waals surface area (Å²) in [7, 11) is 0. The summed E-state index contributed by atoms with van der Waals surface area (Å²) in [5, 5.41) is 5.75. The van der Waals surface area contributed by atoms with E-state index in [1.165, 1.54) is 0 Å². The monoisotopic (exact) mass is 473 g/mol. The summed E-state index contributed by atoms with van der Waals surface area (Å²) < 4.78 is 5.12. The Balaban J connectivity index is 1.59. The number of carbonyl (C=O) groups excluding carboxylic acids is 3. The molecule has 33 heavy (non-hydrogen) atoms. The minimum Gasteiger partial charge on any atom is -0.466 e. The number of rotatable bonds is 5. The van der Waals surface area contributed by atoms with Gasteiger partial charge in [0.2, 0.25) is 17.8 Å². The van der Waals surface area contributed by atoms with Gasteiger partial charge in [0.25, 0.3) is 5.56 Å². The average Bonchev–Trinajstić information content (AvgIpc) is 2.78. The zero-order valence-corrected chi connectivity index (χ0v) is 18.8. The molecule has 3 N–H and O–H groups in total. The number of benzene rings is 1. The molecule has 0 spiro atoms. The number of esters is 1. The number of aromatic nitrogens is 2. The Hall–Kier alpha value is -3.40. The molecular formula is C22H24ClN5O5. The largest absolute Gasteiger partial charge is 0.466 e. The van der Waals surface area contributed by atoms with Crippen LogP contribution >= 0.6 is 11.6 Å². The molecule has 0 bridgehead atoms. The van der Waals surface area contributed by atoms with E-state index in [9.17, 15) is 19.2 Å². The zero-order valence-electron chi connectivity index (χ0n) is 18.0. The highest BCUT2D eigenvalue weighted by molar-refractivity contribution is 6.30. The maximum atomic E-state index is 13.0. The first-order chi connectivity index (χ1) is 15.9. The van der Waals surface area contributed by atoms with Crippen molar-refractivity contribution in [2.24, 2.45) is 5.92 Å². The van der Waals surface area contributed by atoms with E-state index in [2.05, 4.69) is 20.6 Å². The quantitative estimate of drug-likeness (QED) is 0.567. The maximum absolute atomic E-state index is 13.0. The van der Waals surface area contributed by atoms with Gasteiger partial charge in [-0.1, -0.05) is 17.7 Å². The van der Waals surface area contributed by atoms with Gasteiger partial charge in [0.1, 0.15) is 5.82 Å². The molecule has 2 aliphatic heterocycles. The number of anilines is 3. The second-order valence-corrected chi connectivity index (χ2v) is 8.43. The van der Waals surface area contributed by atoms with Crippen LogP contribution in [-0.2, 0) is 19.1 Å². The van der Waals surface area contributed by atoms with Crippen molar-refractivity contribution in [3.05, 3.63) is 45.2 Å². The van der Waals surface area contributed by atoms with Crippen LogP contribution < -0.4 is 21.1 Å². The van der Waals surface area contributed by atoms with Crippen molar-refractivity contribution in [2.75, 3.05) is 35.2 Å². The molecule has 2 atom stereocenters. The normalized spacial score (nSPS) is 19.9. The molecule has 2 amide bonds. The van der Waals surface area contributed by atoms with Gasteiger partial charge in [-0.25, -0.2) is 0 Å². The molecule has 0 aliphatic carbocycles. The van der Waals surface area contributed by atoms with Crippen molar-refractivity contribution < 1.29 is 19.1 Å². The third-order valence-corrected chi connectivity index (χ3v) is 5.92. The van der Waals surface area contributed by atoms with Crippen molar-refractivity contribution >= 4 is 46.8 Å². The van der Waals surface area contributed by atoms with E-state index in [0.717, 1.165) is 6.42 Å². The molecule has 10 nitrogen and oxygen atoms in total. The highest BCUT2D eigenvalue weighted by Crippen LogP contribution is 2.31. The first-order valence-electron chi connectivity index (χ1n) is 10.8. The fraction of sp³-hybridized carbons (Fsp3) is 0.409. The predicted octanol–water partition coefficient (Wildman–Crippen LogP) is 2.27. The number of hydrogen-bond acceptors (Lipinski definition) is 7. The summed E-state index contributed by atoms with van der Waals surface area (Å²) in [4.78, 5) is 59.3. The van der Waals surface area contributed by atoms with Crippen molar-refractivity contribution in [1.82, 2.24) is 9.97 Å². The molecule has 0 saturated carbocycles. The third-order valence-electron chi connectivity index (χ3n) is 5.69. The van der Waals surface area contributed by atoms with Gasteiger partial charge < -0.3 is 20.3 Å². The molecule has 1 aromatic carbocycles. The topological polar surface area (TPSA) is 133 Å². The Morgan fingerprint density at radius 2 is 2.15 bits per heavy atom. The van der Waals surface area contributed by atoms with Crippen molar-refractivity contribution in [3.8, 4) is 0 Å². The van der Waals surface area contributed by atoms with Gasteiger partial charge in [0, 0.05) is 30.2 Å². The van der Waals surface area contributed by atoms with Crippen LogP contribution in [0, 0.1) is 5.92 Å². The lowest BCUT2D eigenvalue weighted by molar-refractivity contribution is -0.148. The lowest BCUT2D eigenvalue weighted by atomic mass is 9.92. The average molecular weight is 474 g/mol. The van der Waals surface area contributed by atoms with E-state index >= 15 is 0 Å². The van der Waals surface area contributed by atoms with E-state index in [0.29, 0.717) is 36.8 Å². The van der Waals surface area contributed by atoms with Crippen molar-refractivity contribution in [2.45, 2.75) is 32.1 Å². The Labute approximate surface area is 194 Å². The summed E-state index contributed by atoms with van der Waals surface area (Å²) in [5.41, 5.74) is 0.0377. The SMILES string of the molecule is CCOC(=O)[C@@H]1CCCN(c2nc3c(c(=O)[nH]2)[C@H](C(=O)Nc2cccc(Cl)c2)CC(=O)N3)C1. The second kappa shape index (κ2) is 9.62.